The Morgan fingerprint density at radius 2 is 1.74 bits per heavy atom. The first-order valence-electron chi connectivity index (χ1n) is 6.49. The largest absolute Gasteiger partial charge is 0.298 e. The van der Waals surface area contributed by atoms with E-state index in [9.17, 15) is 0 Å². The molecule has 0 unspecified atom stereocenters. The SMILES string of the molecule is CCCC[B-](C#N)(C#N)C#N.CC[n+]1ccn(C)c1. The highest BCUT2D eigenvalue weighted by atomic mass is 15.1. The third kappa shape index (κ3) is 5.75. The summed E-state index contributed by atoms with van der Waals surface area (Å²) in [5, 5.41) is 25.6. The standard InChI is InChI=1S/C7H9BN3.C6H11N2/c1-2-3-4-8(5-9,6-10)7-11;1-3-8-5-4-7(2)6-8/h2-4H2,1H3;4-6H,3H2,1-2H3/q-1;+1. The number of imidazole rings is 1. The number of rotatable bonds is 4. The summed E-state index contributed by atoms with van der Waals surface area (Å²) in [5.41, 5.74) is 0. The minimum Gasteiger partial charge on any atom is -0.247 e. The van der Waals surface area contributed by atoms with Crippen LogP contribution in [0.4, 0.5) is 0 Å². The Labute approximate surface area is 115 Å². The van der Waals surface area contributed by atoms with Crippen LogP contribution in [-0.2, 0) is 13.6 Å². The second-order valence-corrected chi connectivity index (χ2v) is 4.48. The molecule has 0 N–H and O–H groups in total. The molecule has 0 bridgehead atoms. The van der Waals surface area contributed by atoms with Gasteiger partial charge in [0.2, 0.25) is 6.33 Å². The second-order valence-electron chi connectivity index (χ2n) is 4.48. The van der Waals surface area contributed by atoms with Gasteiger partial charge in [-0.3, -0.25) is 0 Å². The molecule has 6 heteroatoms. The Bertz CT molecular complexity index is 464. The molecule has 0 atom stereocenters. The highest BCUT2D eigenvalue weighted by Gasteiger charge is 2.22. The van der Waals surface area contributed by atoms with Gasteiger partial charge < -0.3 is 0 Å². The van der Waals surface area contributed by atoms with Crippen molar-refractivity contribution in [3.8, 4) is 17.9 Å². The molecule has 1 heterocycles. The first kappa shape index (κ1) is 16.7. The summed E-state index contributed by atoms with van der Waals surface area (Å²) in [7, 11) is 2.02. The van der Waals surface area contributed by atoms with Crippen molar-refractivity contribution in [2.24, 2.45) is 7.05 Å². The van der Waals surface area contributed by atoms with Gasteiger partial charge in [0.05, 0.1) is 13.6 Å². The van der Waals surface area contributed by atoms with Crippen LogP contribution in [0.25, 0.3) is 0 Å². The predicted octanol–water partition coefficient (Wildman–Crippen LogP) is 1.76. The Morgan fingerprint density at radius 3 is 2.00 bits per heavy atom. The van der Waals surface area contributed by atoms with Crippen molar-refractivity contribution >= 4 is 6.15 Å². The van der Waals surface area contributed by atoms with E-state index >= 15 is 0 Å². The molecular formula is C13H20BN5. The number of hydrogen-bond acceptors (Lipinski definition) is 3. The molecule has 0 aliphatic rings. The zero-order valence-electron chi connectivity index (χ0n) is 11.9. The predicted molar refractivity (Wildman–Crippen MR) is 73.6 cm³/mol. The van der Waals surface area contributed by atoms with Gasteiger partial charge in [-0.2, -0.15) is 0 Å². The van der Waals surface area contributed by atoms with Crippen LogP contribution < -0.4 is 4.57 Å². The van der Waals surface area contributed by atoms with Crippen LogP contribution >= 0.6 is 0 Å². The summed E-state index contributed by atoms with van der Waals surface area (Å²) in [4.78, 5) is 0. The van der Waals surface area contributed by atoms with Crippen LogP contribution in [0.1, 0.15) is 26.7 Å². The smallest absolute Gasteiger partial charge is 0.247 e. The fraction of sp³-hybridized carbons (Fsp3) is 0.538. The van der Waals surface area contributed by atoms with Crippen LogP contribution in [-0.4, -0.2) is 10.7 Å². The van der Waals surface area contributed by atoms with E-state index in [1.54, 1.807) is 17.9 Å². The van der Waals surface area contributed by atoms with E-state index in [1.807, 2.05) is 24.7 Å². The number of nitriles is 3. The quantitative estimate of drug-likeness (QED) is 0.608. The lowest BCUT2D eigenvalue weighted by Crippen LogP contribution is -2.28. The summed E-state index contributed by atoms with van der Waals surface area (Å²) < 4.78 is 4.16. The molecule has 0 aliphatic carbocycles. The number of aryl methyl sites for hydroxylation is 2. The highest BCUT2D eigenvalue weighted by molar-refractivity contribution is 6.99. The highest BCUT2D eigenvalue weighted by Crippen LogP contribution is 2.10. The number of aromatic nitrogens is 2. The lowest BCUT2D eigenvalue weighted by Gasteiger charge is -2.12. The normalized spacial score (nSPS) is 9.47. The lowest BCUT2D eigenvalue weighted by molar-refractivity contribution is -0.693. The van der Waals surface area contributed by atoms with Gasteiger partial charge in [-0.15, -0.1) is 24.2 Å². The molecule has 0 saturated heterocycles. The molecule has 19 heavy (non-hydrogen) atoms. The molecule has 100 valence electrons. The maximum absolute atomic E-state index is 8.54. The summed E-state index contributed by atoms with van der Waals surface area (Å²) in [6.07, 6.45) is 6.20. The first-order chi connectivity index (χ1) is 9.07. The van der Waals surface area contributed by atoms with Crippen molar-refractivity contribution in [2.75, 3.05) is 0 Å². The molecular weight excluding hydrogens is 237 g/mol. The van der Waals surface area contributed by atoms with Gasteiger partial charge in [-0.1, -0.05) is 19.8 Å². The number of unbranched alkanes of at least 4 members (excludes halogenated alkanes) is 1. The van der Waals surface area contributed by atoms with E-state index in [4.69, 9.17) is 15.8 Å². The Morgan fingerprint density at radius 1 is 1.16 bits per heavy atom. The molecule has 0 amide bonds. The van der Waals surface area contributed by atoms with Gasteiger partial charge in [0.1, 0.15) is 12.4 Å². The average Bonchev–Trinajstić information content (AvgIpc) is 2.88. The molecule has 1 aromatic heterocycles. The van der Waals surface area contributed by atoms with Crippen molar-refractivity contribution in [2.45, 2.75) is 39.6 Å². The summed E-state index contributed by atoms with van der Waals surface area (Å²) in [6, 6.07) is 0. The van der Waals surface area contributed by atoms with E-state index in [1.165, 1.54) is 0 Å². The van der Waals surface area contributed by atoms with Crippen molar-refractivity contribution in [1.82, 2.24) is 4.57 Å². The summed E-state index contributed by atoms with van der Waals surface area (Å²) in [5.74, 6) is 5.37. The van der Waals surface area contributed by atoms with E-state index in [2.05, 4.69) is 24.0 Å². The molecule has 0 fully saturated rings. The number of nitrogens with zero attached hydrogens (tertiary/aromatic N) is 5. The zero-order chi connectivity index (χ0) is 14.7. The van der Waals surface area contributed by atoms with E-state index < -0.39 is 6.15 Å². The summed E-state index contributed by atoms with van der Waals surface area (Å²) >= 11 is 0. The van der Waals surface area contributed by atoms with Gasteiger partial charge in [-0.25, -0.2) is 24.9 Å². The lowest BCUT2D eigenvalue weighted by atomic mass is 9.26. The number of hydrogen-bond donors (Lipinski definition) is 0. The molecule has 0 radical (unpaired) electrons. The van der Waals surface area contributed by atoms with Gasteiger partial charge in [0, 0.05) is 0 Å². The van der Waals surface area contributed by atoms with Crippen LogP contribution in [0.2, 0.25) is 6.32 Å². The minimum absolute atomic E-state index is 0.417. The second kappa shape index (κ2) is 8.78. The zero-order valence-corrected chi connectivity index (χ0v) is 11.9. The van der Waals surface area contributed by atoms with Crippen LogP contribution in [0.3, 0.4) is 0 Å². The third-order valence-corrected chi connectivity index (χ3v) is 2.84. The average molecular weight is 257 g/mol. The molecule has 0 saturated carbocycles. The first-order valence-corrected chi connectivity index (χ1v) is 6.49. The van der Waals surface area contributed by atoms with Crippen LogP contribution in [0, 0.1) is 33.7 Å². The van der Waals surface area contributed by atoms with Gasteiger partial charge in [0.15, 0.2) is 0 Å². The Hall–Kier alpha value is -2.26. The maximum Gasteiger partial charge on any atom is 0.298 e. The van der Waals surface area contributed by atoms with E-state index in [0.29, 0.717) is 6.32 Å². The Balaban J connectivity index is 0.000000356. The van der Waals surface area contributed by atoms with Crippen molar-refractivity contribution < 1.29 is 4.57 Å². The maximum atomic E-state index is 8.54. The van der Waals surface area contributed by atoms with E-state index in [-0.39, 0.29) is 0 Å². The van der Waals surface area contributed by atoms with Crippen LogP contribution in [0.5, 0.6) is 0 Å². The van der Waals surface area contributed by atoms with Gasteiger partial charge in [-0.05, 0) is 6.92 Å². The molecule has 0 spiro atoms. The van der Waals surface area contributed by atoms with Crippen LogP contribution in [0.15, 0.2) is 18.7 Å². The fourth-order valence-corrected chi connectivity index (χ4v) is 1.48. The molecule has 0 aliphatic heterocycles. The van der Waals surface area contributed by atoms with E-state index in [0.717, 1.165) is 19.4 Å². The molecule has 0 aromatic carbocycles. The van der Waals surface area contributed by atoms with Crippen molar-refractivity contribution in [1.29, 1.82) is 15.8 Å². The van der Waals surface area contributed by atoms with Crippen molar-refractivity contribution in [3.05, 3.63) is 18.7 Å². The third-order valence-electron chi connectivity index (χ3n) is 2.84. The molecule has 1 aromatic rings. The van der Waals surface area contributed by atoms with Gasteiger partial charge >= 0.3 is 0 Å². The minimum atomic E-state index is -2.04. The molecule has 5 nitrogen and oxygen atoms in total. The van der Waals surface area contributed by atoms with Gasteiger partial charge in [0.25, 0.3) is 6.15 Å². The topological polar surface area (TPSA) is 80.2 Å². The molecule has 1 rings (SSSR count). The Kier molecular flexibility index (Phi) is 7.74. The van der Waals surface area contributed by atoms with Crippen molar-refractivity contribution in [3.63, 3.8) is 0 Å². The fourth-order valence-electron chi connectivity index (χ4n) is 1.48. The summed E-state index contributed by atoms with van der Waals surface area (Å²) in [6.45, 7) is 5.15. The monoisotopic (exact) mass is 257 g/mol.